The van der Waals surface area contributed by atoms with E-state index >= 15 is 0 Å². The Hall–Kier alpha value is -1.42. The highest BCUT2D eigenvalue weighted by molar-refractivity contribution is 6.30. The fraction of sp³-hybridized carbons (Fsp3) is 0.500. The van der Waals surface area contributed by atoms with E-state index in [4.69, 9.17) is 11.6 Å². The molecule has 0 N–H and O–H groups in total. The largest absolute Gasteiger partial charge is 0.272 e. The number of nitrogens with zero attached hydrogens (tertiary/aromatic N) is 4. The molecule has 0 spiro atoms. The van der Waals surface area contributed by atoms with E-state index in [1.807, 2.05) is 17.1 Å². The lowest BCUT2D eigenvalue weighted by Crippen LogP contribution is -2.08. The van der Waals surface area contributed by atoms with Gasteiger partial charge in [0.2, 0.25) is 0 Å². The second-order valence-corrected chi connectivity index (χ2v) is 5.32. The zero-order valence-electron chi connectivity index (χ0n) is 11.1. The Kier molecular flexibility index (Phi) is 3.51. The van der Waals surface area contributed by atoms with Gasteiger partial charge in [-0.15, -0.1) is 0 Å². The number of hydrogen-bond donors (Lipinski definition) is 0. The predicted octanol–water partition coefficient (Wildman–Crippen LogP) is 3.28. The maximum Gasteiger partial charge on any atom is 0.164 e. The predicted molar refractivity (Wildman–Crippen MR) is 75.2 cm³/mol. The molecule has 2 aromatic heterocycles. The van der Waals surface area contributed by atoms with Gasteiger partial charge in [0.1, 0.15) is 5.15 Å². The van der Waals surface area contributed by atoms with Crippen LogP contribution in [0.25, 0.3) is 11.4 Å². The number of halogens is 1. The first-order valence-electron chi connectivity index (χ1n) is 6.86. The number of aryl methyl sites for hydroxylation is 2. The normalized spacial score (nSPS) is 14.4. The van der Waals surface area contributed by atoms with E-state index in [0.29, 0.717) is 11.0 Å². The SMILES string of the molecule is CCCn1cc(-c2nc(Cl)c3c(n2)CCCC3)cn1. The van der Waals surface area contributed by atoms with Crippen LogP contribution in [-0.2, 0) is 19.4 Å². The van der Waals surface area contributed by atoms with Crippen LogP contribution in [0.1, 0.15) is 37.4 Å². The Morgan fingerprint density at radius 1 is 1.26 bits per heavy atom. The molecular formula is C14H17ClN4. The summed E-state index contributed by atoms with van der Waals surface area (Å²) >= 11 is 6.29. The summed E-state index contributed by atoms with van der Waals surface area (Å²) in [6, 6.07) is 0. The topological polar surface area (TPSA) is 43.6 Å². The highest BCUT2D eigenvalue weighted by Gasteiger charge is 2.17. The van der Waals surface area contributed by atoms with Crippen molar-refractivity contribution in [3.8, 4) is 11.4 Å². The van der Waals surface area contributed by atoms with E-state index in [1.165, 1.54) is 12.8 Å². The molecule has 100 valence electrons. The minimum atomic E-state index is 0.614. The van der Waals surface area contributed by atoms with Crippen molar-refractivity contribution in [2.75, 3.05) is 0 Å². The van der Waals surface area contributed by atoms with Crippen molar-refractivity contribution < 1.29 is 0 Å². The van der Waals surface area contributed by atoms with Crippen LogP contribution in [0.4, 0.5) is 0 Å². The highest BCUT2D eigenvalue weighted by atomic mass is 35.5. The standard InChI is InChI=1S/C14H17ClN4/c1-2-7-19-9-10(8-16-19)14-17-12-6-4-3-5-11(12)13(15)18-14/h8-9H,2-7H2,1H3. The van der Waals surface area contributed by atoms with Gasteiger partial charge in [0.05, 0.1) is 11.8 Å². The third-order valence-electron chi connectivity index (χ3n) is 3.48. The number of rotatable bonds is 3. The highest BCUT2D eigenvalue weighted by Crippen LogP contribution is 2.27. The molecule has 1 aliphatic rings. The number of aromatic nitrogens is 4. The molecule has 0 aliphatic heterocycles. The molecule has 1 aliphatic carbocycles. The monoisotopic (exact) mass is 276 g/mol. The molecule has 0 saturated heterocycles. The second kappa shape index (κ2) is 5.29. The van der Waals surface area contributed by atoms with Crippen molar-refractivity contribution in [2.45, 2.75) is 45.6 Å². The van der Waals surface area contributed by atoms with Crippen molar-refractivity contribution in [1.29, 1.82) is 0 Å². The molecular weight excluding hydrogens is 260 g/mol. The maximum atomic E-state index is 6.29. The zero-order valence-corrected chi connectivity index (χ0v) is 11.8. The first-order chi connectivity index (χ1) is 9.28. The Morgan fingerprint density at radius 3 is 2.95 bits per heavy atom. The molecule has 0 atom stereocenters. The molecule has 2 heterocycles. The summed E-state index contributed by atoms with van der Waals surface area (Å²) in [4.78, 5) is 9.10. The molecule has 2 aromatic rings. The fourth-order valence-electron chi connectivity index (χ4n) is 2.51. The van der Waals surface area contributed by atoms with Crippen molar-refractivity contribution >= 4 is 11.6 Å². The van der Waals surface area contributed by atoms with Gasteiger partial charge in [0.25, 0.3) is 0 Å². The summed E-state index contributed by atoms with van der Waals surface area (Å²) in [6.45, 7) is 3.05. The first-order valence-corrected chi connectivity index (χ1v) is 7.24. The third kappa shape index (κ3) is 2.50. The van der Waals surface area contributed by atoms with E-state index in [-0.39, 0.29) is 0 Å². The lowest BCUT2D eigenvalue weighted by atomic mass is 9.97. The molecule has 19 heavy (non-hydrogen) atoms. The Labute approximate surface area is 117 Å². The molecule has 0 radical (unpaired) electrons. The van der Waals surface area contributed by atoms with Crippen molar-refractivity contribution in [1.82, 2.24) is 19.7 Å². The van der Waals surface area contributed by atoms with E-state index in [0.717, 1.165) is 42.6 Å². The van der Waals surface area contributed by atoms with Gasteiger partial charge >= 0.3 is 0 Å². The maximum absolute atomic E-state index is 6.29. The molecule has 0 unspecified atom stereocenters. The van der Waals surface area contributed by atoms with Gasteiger partial charge in [-0.25, -0.2) is 9.97 Å². The third-order valence-corrected chi connectivity index (χ3v) is 3.79. The molecule has 0 aromatic carbocycles. The molecule has 0 saturated carbocycles. The van der Waals surface area contributed by atoms with Crippen LogP contribution in [0.5, 0.6) is 0 Å². The van der Waals surface area contributed by atoms with Crippen LogP contribution in [0, 0.1) is 0 Å². The smallest absolute Gasteiger partial charge is 0.164 e. The summed E-state index contributed by atoms with van der Waals surface area (Å²) in [5.41, 5.74) is 3.20. The van der Waals surface area contributed by atoms with Crippen molar-refractivity contribution in [3.05, 3.63) is 28.8 Å². The van der Waals surface area contributed by atoms with Gasteiger partial charge in [-0.3, -0.25) is 4.68 Å². The van der Waals surface area contributed by atoms with Crippen LogP contribution in [0.2, 0.25) is 5.15 Å². The summed E-state index contributed by atoms with van der Waals surface area (Å²) in [7, 11) is 0. The second-order valence-electron chi connectivity index (χ2n) is 4.96. The number of hydrogen-bond acceptors (Lipinski definition) is 3. The van der Waals surface area contributed by atoms with Crippen LogP contribution in [0.3, 0.4) is 0 Å². The van der Waals surface area contributed by atoms with Gasteiger partial charge in [0.15, 0.2) is 5.82 Å². The molecule has 4 nitrogen and oxygen atoms in total. The molecule has 0 bridgehead atoms. The Balaban J connectivity index is 1.97. The molecule has 0 fully saturated rings. The molecule has 3 rings (SSSR count). The number of fused-ring (bicyclic) bond motifs is 1. The fourth-order valence-corrected chi connectivity index (χ4v) is 2.79. The quantitative estimate of drug-likeness (QED) is 0.808. The van der Waals surface area contributed by atoms with E-state index < -0.39 is 0 Å². The minimum Gasteiger partial charge on any atom is -0.272 e. The van der Waals surface area contributed by atoms with Gasteiger partial charge in [-0.1, -0.05) is 18.5 Å². The molecule has 0 amide bonds. The van der Waals surface area contributed by atoms with Gasteiger partial charge in [0, 0.05) is 24.0 Å². The Morgan fingerprint density at radius 2 is 2.11 bits per heavy atom. The summed E-state index contributed by atoms with van der Waals surface area (Å²) in [6.07, 6.45) is 9.25. The Bertz CT molecular complexity index is 591. The van der Waals surface area contributed by atoms with E-state index in [1.54, 1.807) is 0 Å². The van der Waals surface area contributed by atoms with Gasteiger partial charge in [-0.2, -0.15) is 5.10 Å². The lowest BCUT2D eigenvalue weighted by molar-refractivity contribution is 0.603. The average Bonchev–Trinajstić information content (AvgIpc) is 2.88. The zero-order chi connectivity index (χ0) is 13.2. The summed E-state index contributed by atoms with van der Waals surface area (Å²) < 4.78 is 1.92. The van der Waals surface area contributed by atoms with E-state index in [2.05, 4.69) is 22.0 Å². The van der Waals surface area contributed by atoms with Gasteiger partial charge in [-0.05, 0) is 32.1 Å². The lowest BCUT2D eigenvalue weighted by Gasteiger charge is -2.16. The van der Waals surface area contributed by atoms with Crippen molar-refractivity contribution in [3.63, 3.8) is 0 Å². The van der Waals surface area contributed by atoms with Crippen LogP contribution < -0.4 is 0 Å². The molecule has 5 heteroatoms. The summed E-state index contributed by atoms with van der Waals surface area (Å²) in [5.74, 6) is 0.702. The van der Waals surface area contributed by atoms with Crippen LogP contribution >= 0.6 is 11.6 Å². The van der Waals surface area contributed by atoms with Gasteiger partial charge < -0.3 is 0 Å². The van der Waals surface area contributed by atoms with Crippen molar-refractivity contribution in [2.24, 2.45) is 0 Å². The first kappa shape index (κ1) is 12.6. The minimum absolute atomic E-state index is 0.614. The summed E-state index contributed by atoms with van der Waals surface area (Å²) in [5, 5.41) is 4.93. The van der Waals surface area contributed by atoms with E-state index in [9.17, 15) is 0 Å². The van der Waals surface area contributed by atoms with Crippen LogP contribution in [-0.4, -0.2) is 19.7 Å². The van der Waals surface area contributed by atoms with Crippen LogP contribution in [0.15, 0.2) is 12.4 Å². The average molecular weight is 277 g/mol.